The fourth-order valence-corrected chi connectivity index (χ4v) is 2.97. The highest BCUT2D eigenvalue weighted by molar-refractivity contribution is 5.87. The van der Waals surface area contributed by atoms with Gasteiger partial charge in [0.15, 0.2) is 0 Å². The van der Waals surface area contributed by atoms with Gasteiger partial charge in [0.1, 0.15) is 17.5 Å². The number of amides is 1. The van der Waals surface area contributed by atoms with Crippen LogP contribution in [-0.2, 0) is 18.4 Å². The number of nitrogens with one attached hydrogen (secondary N) is 1. The fraction of sp³-hybridized carbons (Fsp3) is 0.353. The molecule has 0 radical (unpaired) electrons. The van der Waals surface area contributed by atoms with Gasteiger partial charge in [0.05, 0.1) is 6.54 Å². The van der Waals surface area contributed by atoms with Crippen LogP contribution in [-0.4, -0.2) is 39.6 Å². The van der Waals surface area contributed by atoms with Gasteiger partial charge in [-0.2, -0.15) is 0 Å². The van der Waals surface area contributed by atoms with E-state index in [1.54, 1.807) is 11.9 Å². The van der Waals surface area contributed by atoms with Crippen LogP contribution in [0, 0.1) is 0 Å². The molecule has 1 aliphatic heterocycles. The molecule has 0 spiro atoms. The number of nitrogens with zero attached hydrogens (tertiary/aromatic N) is 3. The molecule has 1 atom stereocenters. The lowest BCUT2D eigenvalue weighted by molar-refractivity contribution is -0.127. The van der Waals surface area contributed by atoms with Crippen molar-refractivity contribution in [2.24, 2.45) is 7.05 Å². The molecule has 1 amide bonds. The Kier molecular flexibility index (Phi) is 4.35. The van der Waals surface area contributed by atoms with E-state index in [4.69, 9.17) is 5.73 Å². The van der Waals surface area contributed by atoms with Crippen molar-refractivity contribution in [3.63, 3.8) is 0 Å². The molecule has 1 aromatic carbocycles. The third kappa shape index (κ3) is 3.02. The van der Waals surface area contributed by atoms with Crippen molar-refractivity contribution in [1.29, 1.82) is 0 Å². The molecule has 0 aliphatic carbocycles. The van der Waals surface area contributed by atoms with Gasteiger partial charge in [-0.15, -0.1) is 0 Å². The van der Waals surface area contributed by atoms with E-state index in [9.17, 15) is 14.4 Å². The largest absolute Gasteiger partial charge is 0.383 e. The van der Waals surface area contributed by atoms with Crippen LogP contribution >= 0.6 is 0 Å². The highest BCUT2D eigenvalue weighted by atomic mass is 16.2. The minimum absolute atomic E-state index is 0.0410. The normalized spacial score (nSPS) is 17.1. The van der Waals surface area contributed by atoms with Crippen molar-refractivity contribution in [1.82, 2.24) is 14.0 Å². The minimum atomic E-state index is -0.533. The van der Waals surface area contributed by atoms with Gasteiger partial charge < -0.3 is 16.0 Å². The van der Waals surface area contributed by atoms with Gasteiger partial charge in [0, 0.05) is 20.6 Å². The Balaban J connectivity index is 2.03. The predicted octanol–water partition coefficient (Wildman–Crippen LogP) is -0.180. The fourth-order valence-electron chi connectivity index (χ4n) is 2.97. The van der Waals surface area contributed by atoms with Crippen LogP contribution in [0.2, 0.25) is 0 Å². The third-order valence-electron chi connectivity index (χ3n) is 4.51. The molecule has 1 saturated heterocycles. The summed E-state index contributed by atoms with van der Waals surface area (Å²) in [5.74, 6) is -0.0541. The number of anilines is 2. The summed E-state index contributed by atoms with van der Waals surface area (Å²) in [5.41, 5.74) is 6.07. The number of carbonyl (C=O) groups is 1. The lowest BCUT2D eigenvalue weighted by Crippen LogP contribution is -2.43. The number of benzene rings is 1. The second kappa shape index (κ2) is 6.46. The van der Waals surface area contributed by atoms with Crippen LogP contribution in [0.3, 0.4) is 0 Å². The highest BCUT2D eigenvalue weighted by Gasteiger charge is 2.30. The Bertz CT molecular complexity index is 916. The van der Waals surface area contributed by atoms with E-state index in [2.05, 4.69) is 5.32 Å². The molecule has 132 valence electrons. The molecule has 1 fully saturated rings. The van der Waals surface area contributed by atoms with Crippen molar-refractivity contribution in [3.05, 3.63) is 56.7 Å². The zero-order valence-corrected chi connectivity index (χ0v) is 14.2. The monoisotopic (exact) mass is 343 g/mol. The molecular formula is C17H21N5O3. The molecular weight excluding hydrogens is 322 g/mol. The Morgan fingerprint density at radius 3 is 2.44 bits per heavy atom. The minimum Gasteiger partial charge on any atom is -0.383 e. The second-order valence-electron chi connectivity index (χ2n) is 6.22. The van der Waals surface area contributed by atoms with Gasteiger partial charge in [0.2, 0.25) is 5.91 Å². The first-order valence-corrected chi connectivity index (χ1v) is 8.05. The zero-order chi connectivity index (χ0) is 18.1. The Hall–Kier alpha value is -3.03. The highest BCUT2D eigenvalue weighted by Crippen LogP contribution is 2.18. The average molecular weight is 343 g/mol. The third-order valence-corrected chi connectivity index (χ3v) is 4.51. The predicted molar refractivity (Wildman–Crippen MR) is 95.6 cm³/mol. The second-order valence-corrected chi connectivity index (χ2v) is 6.22. The van der Waals surface area contributed by atoms with Gasteiger partial charge in [0.25, 0.3) is 5.56 Å². The molecule has 2 heterocycles. The molecule has 1 unspecified atom stereocenters. The number of rotatable bonds is 4. The maximum Gasteiger partial charge on any atom is 0.332 e. The van der Waals surface area contributed by atoms with E-state index >= 15 is 0 Å². The number of likely N-dealkylation sites (tertiary alicyclic amines) is 1. The van der Waals surface area contributed by atoms with Gasteiger partial charge in [-0.05, 0) is 12.0 Å². The number of hydrogen-bond donors (Lipinski definition) is 2. The molecule has 2 aromatic rings. The average Bonchev–Trinajstić information content (AvgIpc) is 2.93. The number of nitrogens with two attached hydrogens (primary N) is 1. The zero-order valence-electron chi connectivity index (χ0n) is 14.2. The van der Waals surface area contributed by atoms with Crippen LogP contribution < -0.4 is 22.3 Å². The number of carbonyl (C=O) groups excluding carboxylic acids is 1. The first-order valence-electron chi connectivity index (χ1n) is 8.05. The first kappa shape index (κ1) is 16.8. The summed E-state index contributed by atoms with van der Waals surface area (Å²) in [6, 6.07) is 8.85. The Morgan fingerprint density at radius 2 is 1.84 bits per heavy atom. The van der Waals surface area contributed by atoms with Crippen molar-refractivity contribution in [2.75, 3.05) is 24.6 Å². The van der Waals surface area contributed by atoms with E-state index in [1.165, 1.54) is 11.6 Å². The standard InChI is InChI=1S/C17H21N5O3/c1-20-9-8-12(15(20)23)19-13-14(18)22(17(25)21(2)16(13)24)10-11-6-4-3-5-7-11/h3-7,12,19H,8-10,18H2,1-2H3. The molecule has 3 rings (SSSR count). The molecule has 25 heavy (non-hydrogen) atoms. The van der Waals surface area contributed by atoms with Crippen molar-refractivity contribution in [3.8, 4) is 0 Å². The topological polar surface area (TPSA) is 102 Å². The van der Waals surface area contributed by atoms with E-state index in [0.29, 0.717) is 13.0 Å². The van der Waals surface area contributed by atoms with E-state index in [0.717, 1.165) is 10.1 Å². The Morgan fingerprint density at radius 1 is 1.16 bits per heavy atom. The van der Waals surface area contributed by atoms with Crippen LogP contribution in [0.1, 0.15) is 12.0 Å². The quantitative estimate of drug-likeness (QED) is 0.802. The molecule has 1 aromatic heterocycles. The summed E-state index contributed by atoms with van der Waals surface area (Å²) in [6.07, 6.45) is 0.579. The van der Waals surface area contributed by atoms with Crippen LogP contribution in [0.25, 0.3) is 0 Å². The molecule has 3 N–H and O–H groups in total. The van der Waals surface area contributed by atoms with E-state index in [1.807, 2.05) is 30.3 Å². The molecule has 0 saturated carbocycles. The summed E-state index contributed by atoms with van der Waals surface area (Å²) in [7, 11) is 3.11. The molecule has 1 aliphatic rings. The first-order chi connectivity index (χ1) is 11.9. The van der Waals surface area contributed by atoms with Crippen molar-refractivity contribution < 1.29 is 4.79 Å². The number of hydrogen-bond acceptors (Lipinski definition) is 5. The summed E-state index contributed by atoms with van der Waals surface area (Å²) >= 11 is 0. The van der Waals surface area contributed by atoms with Crippen LogP contribution in [0.5, 0.6) is 0 Å². The molecule has 8 nitrogen and oxygen atoms in total. The van der Waals surface area contributed by atoms with Gasteiger partial charge in [-0.3, -0.25) is 18.7 Å². The SMILES string of the molecule is CN1CCC(Nc2c(N)n(Cc3ccccc3)c(=O)n(C)c2=O)C1=O. The lowest BCUT2D eigenvalue weighted by atomic mass is 10.2. The van der Waals surface area contributed by atoms with Crippen LogP contribution in [0.4, 0.5) is 11.5 Å². The van der Waals surface area contributed by atoms with Crippen molar-refractivity contribution >= 4 is 17.4 Å². The summed E-state index contributed by atoms with van der Waals surface area (Å²) < 4.78 is 2.34. The summed E-state index contributed by atoms with van der Waals surface area (Å²) in [5, 5.41) is 2.94. The number of aromatic nitrogens is 2. The van der Waals surface area contributed by atoms with E-state index < -0.39 is 17.3 Å². The molecule has 8 heteroatoms. The maximum absolute atomic E-state index is 12.5. The smallest absolute Gasteiger partial charge is 0.332 e. The molecule has 0 bridgehead atoms. The number of nitrogen functional groups attached to an aromatic ring is 1. The van der Waals surface area contributed by atoms with Crippen molar-refractivity contribution in [2.45, 2.75) is 19.0 Å². The van der Waals surface area contributed by atoms with Gasteiger partial charge in [-0.25, -0.2) is 4.79 Å². The van der Waals surface area contributed by atoms with Gasteiger partial charge in [-0.1, -0.05) is 30.3 Å². The van der Waals surface area contributed by atoms with Crippen LogP contribution in [0.15, 0.2) is 39.9 Å². The van der Waals surface area contributed by atoms with E-state index in [-0.39, 0.29) is 24.0 Å². The van der Waals surface area contributed by atoms with Gasteiger partial charge >= 0.3 is 5.69 Å². The Labute approximate surface area is 144 Å². The summed E-state index contributed by atoms with van der Waals surface area (Å²) in [4.78, 5) is 38.6. The maximum atomic E-state index is 12.5. The number of likely N-dealkylation sites (N-methyl/N-ethyl adjacent to an activating group) is 1. The lowest BCUT2D eigenvalue weighted by Gasteiger charge is -2.18. The summed E-state index contributed by atoms with van der Waals surface area (Å²) in [6.45, 7) is 0.854.